The number of guanidine groups is 1. The number of ether oxygens (including phenoxy) is 1. The van der Waals surface area contributed by atoms with Crippen LogP contribution in [0.5, 0.6) is 0 Å². The normalized spacial score (nSPS) is 25.9. The highest BCUT2D eigenvalue weighted by molar-refractivity contribution is 5.79. The smallest absolute Gasteiger partial charge is 0.191 e. The summed E-state index contributed by atoms with van der Waals surface area (Å²) in [4.78, 5) is 6.90. The van der Waals surface area contributed by atoms with Gasteiger partial charge in [0.1, 0.15) is 0 Å². The highest BCUT2D eigenvalue weighted by atomic mass is 16.5. The summed E-state index contributed by atoms with van der Waals surface area (Å²) >= 11 is 0. The molecule has 3 rings (SSSR count). The molecule has 2 aliphatic carbocycles. The highest BCUT2D eigenvalue weighted by Crippen LogP contribution is 2.60. The summed E-state index contributed by atoms with van der Waals surface area (Å²) in [6.45, 7) is 10.3. The molecule has 0 aromatic carbocycles. The molecule has 5 nitrogen and oxygen atoms in total. The van der Waals surface area contributed by atoms with E-state index in [1.165, 1.54) is 25.7 Å². The van der Waals surface area contributed by atoms with Crippen LogP contribution in [0.4, 0.5) is 0 Å². The second-order valence-electron chi connectivity index (χ2n) is 7.83. The van der Waals surface area contributed by atoms with Crippen molar-refractivity contribution in [1.82, 2.24) is 15.5 Å². The van der Waals surface area contributed by atoms with Crippen LogP contribution in [0.25, 0.3) is 0 Å². The maximum atomic E-state index is 5.45. The Kier molecular flexibility index (Phi) is 4.64. The van der Waals surface area contributed by atoms with Crippen molar-refractivity contribution in [2.24, 2.45) is 16.3 Å². The fourth-order valence-electron chi connectivity index (χ4n) is 3.65. The zero-order valence-corrected chi connectivity index (χ0v) is 14.5. The third kappa shape index (κ3) is 3.74. The number of morpholine rings is 1. The van der Waals surface area contributed by atoms with E-state index >= 15 is 0 Å². The van der Waals surface area contributed by atoms with Gasteiger partial charge in [-0.05, 0) is 50.9 Å². The molecule has 0 amide bonds. The molecule has 22 heavy (non-hydrogen) atoms. The zero-order chi connectivity index (χ0) is 15.6. The summed E-state index contributed by atoms with van der Waals surface area (Å²) < 4.78 is 5.45. The number of rotatable bonds is 6. The van der Waals surface area contributed by atoms with Crippen LogP contribution >= 0.6 is 0 Å². The lowest BCUT2D eigenvalue weighted by molar-refractivity contribution is -0.00834. The van der Waals surface area contributed by atoms with E-state index in [0.29, 0.717) is 5.41 Å². The van der Waals surface area contributed by atoms with Gasteiger partial charge in [-0.2, -0.15) is 0 Å². The third-order valence-corrected chi connectivity index (χ3v) is 5.72. The number of nitrogens with zero attached hydrogens (tertiary/aromatic N) is 2. The Labute approximate surface area is 134 Å². The van der Waals surface area contributed by atoms with E-state index in [1.54, 1.807) is 0 Å². The Bertz CT molecular complexity index is 407. The van der Waals surface area contributed by atoms with Gasteiger partial charge in [0, 0.05) is 38.8 Å². The molecule has 2 saturated carbocycles. The highest BCUT2D eigenvalue weighted by Gasteiger charge is 2.53. The zero-order valence-electron chi connectivity index (χ0n) is 14.5. The lowest BCUT2D eigenvalue weighted by atomic mass is 10.0. The molecule has 0 unspecified atom stereocenters. The van der Waals surface area contributed by atoms with Gasteiger partial charge in [0.15, 0.2) is 5.96 Å². The lowest BCUT2D eigenvalue weighted by Crippen LogP contribution is -2.56. The molecule has 126 valence electrons. The van der Waals surface area contributed by atoms with Crippen molar-refractivity contribution in [3.8, 4) is 0 Å². The van der Waals surface area contributed by atoms with Gasteiger partial charge < -0.3 is 15.4 Å². The van der Waals surface area contributed by atoms with E-state index in [0.717, 1.165) is 51.3 Å². The SMILES string of the molecule is CN=C(NCC1(C2CC2)CC1)NCC(C)(C)N1CCOCC1. The minimum absolute atomic E-state index is 0.120. The Morgan fingerprint density at radius 3 is 2.45 bits per heavy atom. The van der Waals surface area contributed by atoms with Gasteiger partial charge in [-0.15, -0.1) is 0 Å². The number of nitrogens with one attached hydrogen (secondary N) is 2. The van der Waals surface area contributed by atoms with Crippen molar-refractivity contribution in [3.05, 3.63) is 0 Å². The summed E-state index contributed by atoms with van der Waals surface area (Å²) in [7, 11) is 1.87. The number of aliphatic imine (C=N–C) groups is 1. The van der Waals surface area contributed by atoms with Crippen molar-refractivity contribution in [1.29, 1.82) is 0 Å². The van der Waals surface area contributed by atoms with E-state index in [2.05, 4.69) is 34.4 Å². The first-order valence-electron chi connectivity index (χ1n) is 8.83. The second kappa shape index (κ2) is 6.36. The Morgan fingerprint density at radius 2 is 1.91 bits per heavy atom. The molecule has 3 aliphatic rings. The Balaban J connectivity index is 1.44. The van der Waals surface area contributed by atoms with Crippen LogP contribution in [0.3, 0.4) is 0 Å². The Hall–Kier alpha value is -0.810. The summed E-state index contributed by atoms with van der Waals surface area (Å²) in [6, 6.07) is 0. The standard InChI is InChI=1S/C17H32N4O/c1-16(2,21-8-10-22-11-9-21)12-19-15(18-3)20-13-17(6-7-17)14-4-5-14/h14H,4-13H2,1-3H3,(H2,18,19,20). The monoisotopic (exact) mass is 308 g/mol. The van der Waals surface area contributed by atoms with Crippen LogP contribution in [0.2, 0.25) is 0 Å². The molecule has 0 atom stereocenters. The first-order chi connectivity index (χ1) is 10.6. The van der Waals surface area contributed by atoms with Crippen LogP contribution in [-0.2, 0) is 4.74 Å². The van der Waals surface area contributed by atoms with Crippen molar-refractivity contribution in [2.45, 2.75) is 45.1 Å². The van der Waals surface area contributed by atoms with Crippen molar-refractivity contribution in [2.75, 3.05) is 46.4 Å². The van der Waals surface area contributed by atoms with Crippen molar-refractivity contribution in [3.63, 3.8) is 0 Å². The quantitative estimate of drug-likeness (QED) is 0.576. The average Bonchev–Trinajstić information content (AvgIpc) is 3.40. The van der Waals surface area contributed by atoms with Gasteiger partial charge in [0.05, 0.1) is 13.2 Å². The first-order valence-corrected chi connectivity index (χ1v) is 8.83. The van der Waals surface area contributed by atoms with Gasteiger partial charge >= 0.3 is 0 Å². The fourth-order valence-corrected chi connectivity index (χ4v) is 3.65. The second-order valence-corrected chi connectivity index (χ2v) is 7.83. The summed E-state index contributed by atoms with van der Waals surface area (Å²) in [5.74, 6) is 1.94. The van der Waals surface area contributed by atoms with E-state index in [9.17, 15) is 0 Å². The summed E-state index contributed by atoms with van der Waals surface area (Å²) in [5, 5.41) is 7.09. The van der Waals surface area contributed by atoms with Crippen molar-refractivity contribution >= 4 is 5.96 Å². The van der Waals surface area contributed by atoms with Gasteiger partial charge in [-0.3, -0.25) is 9.89 Å². The molecule has 1 saturated heterocycles. The van der Waals surface area contributed by atoms with Crippen LogP contribution in [0.1, 0.15) is 39.5 Å². The van der Waals surface area contributed by atoms with E-state index in [1.807, 2.05) is 7.05 Å². The molecule has 1 aliphatic heterocycles. The minimum atomic E-state index is 0.120. The van der Waals surface area contributed by atoms with Crippen LogP contribution in [0.15, 0.2) is 4.99 Å². The molecular weight excluding hydrogens is 276 g/mol. The van der Waals surface area contributed by atoms with Crippen LogP contribution in [-0.4, -0.2) is 62.8 Å². The fraction of sp³-hybridized carbons (Fsp3) is 0.941. The predicted molar refractivity (Wildman–Crippen MR) is 90.2 cm³/mol. The molecule has 0 spiro atoms. The molecule has 5 heteroatoms. The molecule has 0 bridgehead atoms. The molecule has 1 heterocycles. The molecule has 0 aromatic heterocycles. The average molecular weight is 308 g/mol. The molecular formula is C17H32N4O. The maximum absolute atomic E-state index is 5.45. The number of hydrogen-bond acceptors (Lipinski definition) is 3. The van der Waals surface area contributed by atoms with E-state index in [4.69, 9.17) is 4.74 Å². The van der Waals surface area contributed by atoms with Crippen LogP contribution in [0, 0.1) is 11.3 Å². The summed E-state index contributed by atoms with van der Waals surface area (Å²) in [6.07, 6.45) is 5.69. The Morgan fingerprint density at radius 1 is 1.23 bits per heavy atom. The molecule has 3 fully saturated rings. The third-order valence-electron chi connectivity index (χ3n) is 5.72. The predicted octanol–water partition coefficient (Wildman–Crippen LogP) is 1.45. The minimum Gasteiger partial charge on any atom is -0.379 e. The first kappa shape index (κ1) is 16.1. The van der Waals surface area contributed by atoms with E-state index < -0.39 is 0 Å². The topological polar surface area (TPSA) is 48.9 Å². The largest absolute Gasteiger partial charge is 0.379 e. The molecule has 0 radical (unpaired) electrons. The molecule has 2 N–H and O–H groups in total. The van der Waals surface area contributed by atoms with Gasteiger partial charge in [0.25, 0.3) is 0 Å². The summed E-state index contributed by atoms with van der Waals surface area (Å²) in [5.41, 5.74) is 0.729. The van der Waals surface area contributed by atoms with Gasteiger partial charge in [0.2, 0.25) is 0 Å². The lowest BCUT2D eigenvalue weighted by Gasteiger charge is -2.41. The molecule has 0 aromatic rings. The van der Waals surface area contributed by atoms with Gasteiger partial charge in [-0.25, -0.2) is 0 Å². The maximum Gasteiger partial charge on any atom is 0.191 e. The van der Waals surface area contributed by atoms with Crippen molar-refractivity contribution < 1.29 is 4.74 Å². The van der Waals surface area contributed by atoms with Crippen LogP contribution < -0.4 is 10.6 Å². The number of hydrogen-bond donors (Lipinski definition) is 2. The van der Waals surface area contributed by atoms with E-state index in [-0.39, 0.29) is 5.54 Å². The van der Waals surface area contributed by atoms with Gasteiger partial charge in [-0.1, -0.05) is 0 Å².